The molecule has 0 aliphatic carbocycles. The SMILES string of the molecule is NCc1cc(I)ccc1Nc1cc(F)ccc1-c1co[nH]c1=O. The third kappa shape index (κ3) is 3.30. The lowest BCUT2D eigenvalue weighted by Gasteiger charge is -2.14. The summed E-state index contributed by atoms with van der Waals surface area (Å²) < 4.78 is 19.5. The predicted octanol–water partition coefficient (Wildman–Crippen LogP) is 3.58. The van der Waals surface area contributed by atoms with Gasteiger partial charge in [0.05, 0.1) is 5.56 Å². The van der Waals surface area contributed by atoms with Crippen molar-refractivity contribution in [3.05, 3.63) is 68.0 Å². The second-order valence-electron chi connectivity index (χ2n) is 4.90. The molecule has 23 heavy (non-hydrogen) atoms. The number of benzene rings is 2. The van der Waals surface area contributed by atoms with E-state index in [-0.39, 0.29) is 5.56 Å². The van der Waals surface area contributed by atoms with Crippen molar-refractivity contribution < 1.29 is 8.91 Å². The van der Waals surface area contributed by atoms with Crippen LogP contribution in [0.5, 0.6) is 0 Å². The van der Waals surface area contributed by atoms with E-state index in [0.717, 1.165) is 14.8 Å². The number of hydrogen-bond acceptors (Lipinski definition) is 4. The zero-order valence-electron chi connectivity index (χ0n) is 11.9. The number of nitrogens with one attached hydrogen (secondary N) is 2. The summed E-state index contributed by atoms with van der Waals surface area (Å²) in [6.45, 7) is 0.343. The Morgan fingerprint density at radius 1 is 1.17 bits per heavy atom. The standard InChI is InChI=1S/C16H13FIN3O2/c17-10-1-3-12(13-8-23-21-16(13)22)15(6-10)20-14-4-2-11(18)5-9(14)7-19/h1-6,8,20H,7,19H2,(H,21,22). The summed E-state index contributed by atoms with van der Waals surface area (Å²) in [4.78, 5) is 11.8. The molecule has 3 rings (SSSR count). The van der Waals surface area contributed by atoms with Crippen molar-refractivity contribution in [3.63, 3.8) is 0 Å². The fourth-order valence-corrected chi connectivity index (χ4v) is 2.84. The Bertz CT molecular complexity index is 904. The van der Waals surface area contributed by atoms with Crippen LogP contribution in [0.25, 0.3) is 11.1 Å². The summed E-state index contributed by atoms with van der Waals surface area (Å²) in [5.41, 5.74) is 8.39. The molecule has 1 aromatic heterocycles. The average molecular weight is 425 g/mol. The molecule has 5 nitrogen and oxygen atoms in total. The Labute approximate surface area is 144 Å². The zero-order chi connectivity index (χ0) is 16.4. The average Bonchev–Trinajstić information content (AvgIpc) is 2.95. The van der Waals surface area contributed by atoms with Gasteiger partial charge in [-0.25, -0.2) is 4.39 Å². The van der Waals surface area contributed by atoms with Gasteiger partial charge in [0.15, 0.2) is 0 Å². The molecular formula is C16H13FIN3O2. The van der Waals surface area contributed by atoms with Gasteiger partial charge in [-0.15, -0.1) is 0 Å². The van der Waals surface area contributed by atoms with Crippen molar-refractivity contribution in [2.75, 3.05) is 5.32 Å². The smallest absolute Gasteiger partial charge is 0.287 e. The fraction of sp³-hybridized carbons (Fsp3) is 0.0625. The molecule has 3 aromatic rings. The number of hydrogen-bond donors (Lipinski definition) is 3. The van der Waals surface area contributed by atoms with Crippen molar-refractivity contribution in [1.82, 2.24) is 5.16 Å². The molecule has 4 N–H and O–H groups in total. The minimum Gasteiger partial charge on any atom is -0.386 e. The Hall–Kier alpha value is -2.13. The molecule has 0 unspecified atom stereocenters. The van der Waals surface area contributed by atoms with Crippen LogP contribution in [0.2, 0.25) is 0 Å². The second kappa shape index (κ2) is 6.55. The highest BCUT2D eigenvalue weighted by molar-refractivity contribution is 14.1. The van der Waals surface area contributed by atoms with Gasteiger partial charge in [0.25, 0.3) is 5.56 Å². The molecule has 0 bridgehead atoms. The predicted molar refractivity (Wildman–Crippen MR) is 95.1 cm³/mol. The molecule has 0 amide bonds. The number of aromatic amines is 1. The molecule has 0 aliphatic rings. The zero-order valence-corrected chi connectivity index (χ0v) is 14.1. The quantitative estimate of drug-likeness (QED) is 0.558. The van der Waals surface area contributed by atoms with Crippen LogP contribution in [-0.4, -0.2) is 5.16 Å². The van der Waals surface area contributed by atoms with E-state index in [1.165, 1.54) is 24.5 Å². The first-order chi connectivity index (χ1) is 11.1. The van der Waals surface area contributed by atoms with Crippen molar-refractivity contribution >= 4 is 34.0 Å². The van der Waals surface area contributed by atoms with Gasteiger partial charge in [-0.05, 0) is 64.6 Å². The van der Waals surface area contributed by atoms with Gasteiger partial charge >= 0.3 is 0 Å². The Morgan fingerprint density at radius 3 is 2.70 bits per heavy atom. The summed E-state index contributed by atoms with van der Waals surface area (Å²) in [5, 5.41) is 5.39. The summed E-state index contributed by atoms with van der Waals surface area (Å²) in [6, 6.07) is 9.91. The Balaban J connectivity index is 2.08. The maximum Gasteiger partial charge on any atom is 0.287 e. The molecule has 7 heteroatoms. The first-order valence-electron chi connectivity index (χ1n) is 6.80. The van der Waals surface area contributed by atoms with E-state index < -0.39 is 5.82 Å². The Morgan fingerprint density at radius 2 is 2.00 bits per heavy atom. The number of H-pyrrole nitrogens is 1. The van der Waals surface area contributed by atoms with Crippen LogP contribution < -0.4 is 16.6 Å². The summed E-state index contributed by atoms with van der Waals surface area (Å²) in [7, 11) is 0. The molecule has 0 saturated carbocycles. The largest absolute Gasteiger partial charge is 0.386 e. The molecule has 0 atom stereocenters. The minimum absolute atomic E-state index is 0.326. The van der Waals surface area contributed by atoms with Crippen LogP contribution in [0.3, 0.4) is 0 Å². The molecule has 0 saturated heterocycles. The van der Waals surface area contributed by atoms with Crippen molar-refractivity contribution in [2.45, 2.75) is 6.54 Å². The van der Waals surface area contributed by atoms with E-state index in [2.05, 4.69) is 33.1 Å². The van der Waals surface area contributed by atoms with Crippen LogP contribution in [0.15, 0.2) is 52.0 Å². The highest BCUT2D eigenvalue weighted by Gasteiger charge is 2.13. The number of halogens is 2. The highest BCUT2D eigenvalue weighted by atomic mass is 127. The Kier molecular flexibility index (Phi) is 4.49. The first kappa shape index (κ1) is 15.8. The number of rotatable bonds is 4. The maximum absolute atomic E-state index is 13.7. The van der Waals surface area contributed by atoms with E-state index in [1.54, 1.807) is 0 Å². The van der Waals surface area contributed by atoms with Gasteiger partial charge in [-0.1, -0.05) is 0 Å². The third-order valence-corrected chi connectivity index (χ3v) is 4.07. The molecule has 0 radical (unpaired) electrons. The summed E-state index contributed by atoms with van der Waals surface area (Å²) >= 11 is 2.20. The minimum atomic E-state index is -0.406. The normalized spacial score (nSPS) is 10.7. The van der Waals surface area contributed by atoms with Gasteiger partial charge < -0.3 is 15.6 Å². The monoisotopic (exact) mass is 425 g/mol. The summed E-state index contributed by atoms with van der Waals surface area (Å²) in [6.07, 6.45) is 1.30. The van der Waals surface area contributed by atoms with Gasteiger partial charge in [0, 0.05) is 27.1 Å². The van der Waals surface area contributed by atoms with Crippen molar-refractivity contribution in [3.8, 4) is 11.1 Å². The van der Waals surface area contributed by atoms with Crippen LogP contribution >= 0.6 is 22.6 Å². The molecule has 2 aromatic carbocycles. The molecule has 0 fully saturated rings. The number of aromatic nitrogens is 1. The number of nitrogens with two attached hydrogens (primary N) is 1. The topological polar surface area (TPSA) is 84.0 Å². The van der Waals surface area contributed by atoms with E-state index in [0.29, 0.717) is 23.4 Å². The van der Waals surface area contributed by atoms with Crippen LogP contribution in [-0.2, 0) is 6.54 Å². The molecule has 0 spiro atoms. The third-order valence-electron chi connectivity index (χ3n) is 3.40. The summed E-state index contributed by atoms with van der Waals surface area (Å²) in [5.74, 6) is -0.406. The van der Waals surface area contributed by atoms with E-state index in [4.69, 9.17) is 10.3 Å². The van der Waals surface area contributed by atoms with Crippen molar-refractivity contribution in [1.29, 1.82) is 0 Å². The van der Waals surface area contributed by atoms with Gasteiger partial charge in [-0.2, -0.15) is 5.16 Å². The lowest BCUT2D eigenvalue weighted by Crippen LogP contribution is -2.05. The van der Waals surface area contributed by atoms with E-state index in [1.807, 2.05) is 18.2 Å². The van der Waals surface area contributed by atoms with Crippen LogP contribution in [0, 0.1) is 9.39 Å². The van der Waals surface area contributed by atoms with Gasteiger partial charge in [0.2, 0.25) is 0 Å². The highest BCUT2D eigenvalue weighted by Crippen LogP contribution is 2.31. The van der Waals surface area contributed by atoms with Gasteiger partial charge in [0.1, 0.15) is 12.1 Å². The van der Waals surface area contributed by atoms with E-state index in [9.17, 15) is 9.18 Å². The van der Waals surface area contributed by atoms with Crippen LogP contribution in [0.1, 0.15) is 5.56 Å². The first-order valence-corrected chi connectivity index (χ1v) is 7.88. The molecule has 0 aliphatic heterocycles. The van der Waals surface area contributed by atoms with Crippen molar-refractivity contribution in [2.24, 2.45) is 5.73 Å². The van der Waals surface area contributed by atoms with Gasteiger partial charge in [-0.3, -0.25) is 4.79 Å². The fourth-order valence-electron chi connectivity index (χ4n) is 2.29. The van der Waals surface area contributed by atoms with Crippen LogP contribution in [0.4, 0.5) is 15.8 Å². The molecular weight excluding hydrogens is 412 g/mol. The number of anilines is 2. The molecule has 1 heterocycles. The lowest BCUT2D eigenvalue weighted by molar-refractivity contribution is 0.414. The molecule has 118 valence electrons. The second-order valence-corrected chi connectivity index (χ2v) is 6.15. The maximum atomic E-state index is 13.7. The lowest BCUT2D eigenvalue weighted by atomic mass is 10.1. The van der Waals surface area contributed by atoms with E-state index >= 15 is 0 Å².